The zero-order chi connectivity index (χ0) is 15.6. The molecule has 21 heavy (non-hydrogen) atoms. The molecule has 0 radical (unpaired) electrons. The molecule has 2 unspecified atom stereocenters. The van der Waals surface area contributed by atoms with E-state index in [1.165, 1.54) is 0 Å². The standard InChI is InChI=1S/C15H19FO4S/c1-2-10-4-3-5-12(8-10)21(19,20)14-9-11(15(17)18)6-7-13(14)16/h6-7,9-10,12H,2-5,8H2,1H3,(H,17,18). The van der Waals surface area contributed by atoms with Crippen molar-refractivity contribution in [3.63, 3.8) is 0 Å². The first-order valence-corrected chi connectivity index (χ1v) is 8.67. The van der Waals surface area contributed by atoms with Gasteiger partial charge in [-0.1, -0.05) is 26.2 Å². The van der Waals surface area contributed by atoms with Gasteiger partial charge in [0, 0.05) is 0 Å². The molecule has 1 aromatic carbocycles. The maximum atomic E-state index is 13.9. The minimum Gasteiger partial charge on any atom is -0.478 e. The lowest BCUT2D eigenvalue weighted by Gasteiger charge is -2.28. The van der Waals surface area contributed by atoms with Gasteiger partial charge in [0.2, 0.25) is 0 Å². The second-order valence-corrected chi connectivity index (χ2v) is 7.75. The fourth-order valence-corrected chi connectivity index (χ4v) is 4.92. The summed E-state index contributed by atoms with van der Waals surface area (Å²) in [6.07, 6.45) is 3.75. The van der Waals surface area contributed by atoms with Gasteiger partial charge in [-0.3, -0.25) is 0 Å². The number of hydrogen-bond donors (Lipinski definition) is 1. The second kappa shape index (κ2) is 6.13. The molecule has 1 N–H and O–H groups in total. The van der Waals surface area contributed by atoms with Gasteiger partial charge >= 0.3 is 5.97 Å². The van der Waals surface area contributed by atoms with E-state index in [0.717, 1.165) is 37.5 Å². The molecular formula is C15H19FO4S. The van der Waals surface area contributed by atoms with Gasteiger partial charge < -0.3 is 5.11 Å². The first kappa shape index (κ1) is 15.9. The summed E-state index contributed by atoms with van der Waals surface area (Å²) in [5.41, 5.74) is -0.210. The third kappa shape index (κ3) is 3.26. The molecule has 0 saturated heterocycles. The Kier molecular flexibility index (Phi) is 4.66. The van der Waals surface area contributed by atoms with Crippen molar-refractivity contribution in [1.29, 1.82) is 0 Å². The molecule has 6 heteroatoms. The zero-order valence-electron chi connectivity index (χ0n) is 11.9. The first-order chi connectivity index (χ1) is 9.86. The summed E-state index contributed by atoms with van der Waals surface area (Å²) >= 11 is 0. The van der Waals surface area contributed by atoms with E-state index in [1.807, 2.05) is 6.92 Å². The van der Waals surface area contributed by atoms with Crippen molar-refractivity contribution >= 4 is 15.8 Å². The van der Waals surface area contributed by atoms with E-state index in [0.29, 0.717) is 18.8 Å². The average molecular weight is 314 g/mol. The quantitative estimate of drug-likeness (QED) is 0.926. The van der Waals surface area contributed by atoms with Crippen molar-refractivity contribution in [2.75, 3.05) is 0 Å². The first-order valence-electron chi connectivity index (χ1n) is 7.13. The van der Waals surface area contributed by atoms with Gasteiger partial charge in [-0.15, -0.1) is 0 Å². The molecular weight excluding hydrogens is 295 g/mol. The van der Waals surface area contributed by atoms with Crippen LogP contribution >= 0.6 is 0 Å². The van der Waals surface area contributed by atoms with Crippen molar-refractivity contribution in [2.24, 2.45) is 5.92 Å². The van der Waals surface area contributed by atoms with Gasteiger partial charge in [-0.2, -0.15) is 0 Å². The fraction of sp³-hybridized carbons (Fsp3) is 0.533. The Hall–Kier alpha value is -1.43. The summed E-state index contributed by atoms with van der Waals surface area (Å²) in [4.78, 5) is 10.5. The third-order valence-electron chi connectivity index (χ3n) is 4.24. The smallest absolute Gasteiger partial charge is 0.335 e. The van der Waals surface area contributed by atoms with E-state index < -0.39 is 31.8 Å². The summed E-state index contributed by atoms with van der Waals surface area (Å²) in [6, 6.07) is 2.92. The molecule has 0 spiro atoms. The van der Waals surface area contributed by atoms with Crippen molar-refractivity contribution in [3.8, 4) is 0 Å². The number of hydrogen-bond acceptors (Lipinski definition) is 3. The number of carboxylic acid groups (broad SMARTS) is 1. The highest BCUT2D eigenvalue weighted by Gasteiger charge is 2.34. The highest BCUT2D eigenvalue weighted by Crippen LogP contribution is 2.34. The Bertz CT molecular complexity index is 639. The van der Waals surface area contributed by atoms with E-state index >= 15 is 0 Å². The molecule has 1 aliphatic rings. The van der Waals surface area contributed by atoms with Crippen molar-refractivity contribution in [3.05, 3.63) is 29.6 Å². The minimum atomic E-state index is -3.83. The normalized spacial score (nSPS) is 23.0. The number of benzene rings is 1. The van der Waals surface area contributed by atoms with Crippen LogP contribution in [0.3, 0.4) is 0 Å². The van der Waals surface area contributed by atoms with E-state index in [1.54, 1.807) is 0 Å². The van der Waals surface area contributed by atoms with Crippen LogP contribution in [0, 0.1) is 11.7 Å². The van der Waals surface area contributed by atoms with Gasteiger partial charge in [0.1, 0.15) is 10.7 Å². The Balaban J connectivity index is 2.39. The fourth-order valence-electron chi connectivity index (χ4n) is 2.93. The van der Waals surface area contributed by atoms with Gasteiger partial charge in [0.15, 0.2) is 9.84 Å². The van der Waals surface area contributed by atoms with Gasteiger partial charge in [-0.25, -0.2) is 17.6 Å². The largest absolute Gasteiger partial charge is 0.478 e. The van der Waals surface area contributed by atoms with Crippen LogP contribution in [0.4, 0.5) is 4.39 Å². The lowest BCUT2D eigenvalue weighted by molar-refractivity contribution is 0.0696. The summed E-state index contributed by atoms with van der Waals surface area (Å²) in [5, 5.41) is 8.32. The van der Waals surface area contributed by atoms with Crippen LogP contribution in [-0.2, 0) is 9.84 Å². The van der Waals surface area contributed by atoms with Crippen LogP contribution in [0.1, 0.15) is 49.4 Å². The maximum Gasteiger partial charge on any atom is 0.335 e. The summed E-state index contributed by atoms with van der Waals surface area (Å²) in [7, 11) is -3.83. The molecule has 2 atom stereocenters. The number of carboxylic acids is 1. The molecule has 1 aromatic rings. The molecule has 0 heterocycles. The van der Waals surface area contributed by atoms with Crippen LogP contribution in [0.15, 0.2) is 23.1 Å². The van der Waals surface area contributed by atoms with E-state index in [2.05, 4.69) is 0 Å². The van der Waals surface area contributed by atoms with Crippen LogP contribution in [0.25, 0.3) is 0 Å². The average Bonchev–Trinajstić information content (AvgIpc) is 2.47. The SMILES string of the molecule is CCC1CCCC(S(=O)(=O)c2cc(C(=O)O)ccc2F)C1. The van der Waals surface area contributed by atoms with Gasteiger partial charge in [0.25, 0.3) is 0 Å². The molecule has 1 saturated carbocycles. The van der Waals surface area contributed by atoms with E-state index in [-0.39, 0.29) is 5.56 Å². The lowest BCUT2D eigenvalue weighted by atomic mass is 9.87. The van der Waals surface area contributed by atoms with Crippen LogP contribution in [0.2, 0.25) is 0 Å². The molecule has 2 rings (SSSR count). The monoisotopic (exact) mass is 314 g/mol. The number of sulfone groups is 1. The molecule has 1 aliphatic carbocycles. The highest BCUT2D eigenvalue weighted by atomic mass is 32.2. The van der Waals surface area contributed by atoms with Crippen molar-refractivity contribution < 1.29 is 22.7 Å². The molecule has 0 bridgehead atoms. The molecule has 0 aliphatic heterocycles. The highest BCUT2D eigenvalue weighted by molar-refractivity contribution is 7.92. The number of carbonyl (C=O) groups is 1. The summed E-state index contributed by atoms with van der Waals surface area (Å²) in [5.74, 6) is -1.80. The van der Waals surface area contributed by atoms with Crippen LogP contribution in [-0.4, -0.2) is 24.7 Å². The Labute approximate surface area is 123 Å². The van der Waals surface area contributed by atoms with Crippen molar-refractivity contribution in [2.45, 2.75) is 49.2 Å². The van der Waals surface area contributed by atoms with E-state index in [4.69, 9.17) is 5.11 Å². The Morgan fingerprint density at radius 1 is 1.38 bits per heavy atom. The molecule has 4 nitrogen and oxygen atoms in total. The van der Waals surface area contributed by atoms with Gasteiger partial charge in [0.05, 0.1) is 10.8 Å². The van der Waals surface area contributed by atoms with Crippen molar-refractivity contribution in [1.82, 2.24) is 0 Å². The Morgan fingerprint density at radius 2 is 2.10 bits per heavy atom. The minimum absolute atomic E-state index is 0.210. The summed E-state index contributed by atoms with van der Waals surface area (Å²) < 4.78 is 39.1. The molecule has 0 aromatic heterocycles. The maximum absolute atomic E-state index is 13.9. The van der Waals surface area contributed by atoms with Crippen LogP contribution < -0.4 is 0 Å². The topological polar surface area (TPSA) is 71.4 Å². The third-order valence-corrected chi connectivity index (χ3v) is 6.47. The zero-order valence-corrected chi connectivity index (χ0v) is 12.7. The van der Waals surface area contributed by atoms with Crippen LogP contribution in [0.5, 0.6) is 0 Å². The van der Waals surface area contributed by atoms with Gasteiger partial charge in [-0.05, 0) is 37.0 Å². The molecule has 1 fully saturated rings. The predicted octanol–water partition coefficient (Wildman–Crippen LogP) is 3.27. The van der Waals surface area contributed by atoms with E-state index in [9.17, 15) is 17.6 Å². The molecule has 116 valence electrons. The molecule has 0 amide bonds. The Morgan fingerprint density at radius 3 is 2.71 bits per heavy atom. The second-order valence-electron chi connectivity index (χ2n) is 5.56. The number of halogens is 1. The number of rotatable bonds is 4. The number of aromatic carboxylic acids is 1. The predicted molar refractivity (Wildman–Crippen MR) is 76.6 cm³/mol. The summed E-state index contributed by atoms with van der Waals surface area (Å²) in [6.45, 7) is 2.02. The lowest BCUT2D eigenvalue weighted by Crippen LogP contribution is -2.29.